The van der Waals surface area contributed by atoms with Crippen molar-refractivity contribution in [1.29, 1.82) is 0 Å². The molecule has 0 fully saturated rings. The van der Waals surface area contributed by atoms with E-state index < -0.39 is 28.5 Å². The Morgan fingerprint density at radius 2 is 1.60 bits per heavy atom. The monoisotopic (exact) mass is 623 g/mol. The van der Waals surface area contributed by atoms with Crippen LogP contribution in [0.5, 0.6) is 0 Å². The Balaban J connectivity index is 2.10. The van der Waals surface area contributed by atoms with E-state index in [0.29, 0.717) is 39.2 Å². The first-order valence-electron chi connectivity index (χ1n) is 12.7. The van der Waals surface area contributed by atoms with Crippen molar-refractivity contribution in [1.82, 2.24) is 10.2 Å². The second-order valence-corrected chi connectivity index (χ2v) is 12.6. The molecule has 40 heavy (non-hydrogen) atoms. The second-order valence-electron chi connectivity index (χ2n) is 9.45. The van der Waals surface area contributed by atoms with Crippen molar-refractivity contribution in [2.24, 2.45) is 0 Å². The van der Waals surface area contributed by atoms with E-state index in [9.17, 15) is 18.0 Å². The molecule has 2 amide bonds. The van der Waals surface area contributed by atoms with Gasteiger partial charge in [0.25, 0.3) is 0 Å². The van der Waals surface area contributed by atoms with E-state index in [2.05, 4.69) is 5.32 Å². The van der Waals surface area contributed by atoms with Crippen LogP contribution >= 0.6 is 34.8 Å². The lowest BCUT2D eigenvalue weighted by Crippen LogP contribution is -2.53. The summed E-state index contributed by atoms with van der Waals surface area (Å²) >= 11 is 18.8. The predicted octanol–water partition coefficient (Wildman–Crippen LogP) is 5.89. The summed E-state index contributed by atoms with van der Waals surface area (Å²) in [5.74, 6) is -0.933. The van der Waals surface area contributed by atoms with E-state index in [4.69, 9.17) is 34.8 Å². The Bertz CT molecular complexity index is 1450. The zero-order valence-electron chi connectivity index (χ0n) is 22.5. The fourth-order valence-electron chi connectivity index (χ4n) is 4.20. The first kappa shape index (κ1) is 31.7. The van der Waals surface area contributed by atoms with E-state index in [1.165, 1.54) is 11.0 Å². The van der Waals surface area contributed by atoms with Gasteiger partial charge in [-0.1, -0.05) is 84.2 Å². The Hall–Kier alpha value is -2.78. The van der Waals surface area contributed by atoms with Crippen LogP contribution in [0.2, 0.25) is 15.1 Å². The number of nitrogens with one attached hydrogen (secondary N) is 1. The third kappa shape index (κ3) is 8.61. The highest BCUT2D eigenvalue weighted by Gasteiger charge is 2.33. The van der Waals surface area contributed by atoms with Gasteiger partial charge in [-0.05, 0) is 54.3 Å². The van der Waals surface area contributed by atoms with Crippen molar-refractivity contribution in [3.8, 4) is 0 Å². The zero-order valence-corrected chi connectivity index (χ0v) is 25.6. The number of carbonyl (C=O) groups is 2. The van der Waals surface area contributed by atoms with Crippen LogP contribution in [-0.4, -0.2) is 50.5 Å². The standard InChI is InChI=1S/C29H32Cl3N3O4S/c1-4-14-33-29(37)27(15-21-8-6-5-7-9-21)34(18-22-11-13-23(30)16-25(22)32)28(36)19-35(40(3,38)39)26-17-24(31)12-10-20(26)2/h5-13,16-17,27H,4,14-15,18-19H2,1-3H3,(H,33,37). The lowest BCUT2D eigenvalue weighted by molar-refractivity contribution is -0.140. The van der Waals surface area contributed by atoms with Gasteiger partial charge < -0.3 is 10.2 Å². The molecule has 0 radical (unpaired) electrons. The number of halogens is 3. The topological polar surface area (TPSA) is 86.8 Å². The molecule has 0 aliphatic heterocycles. The summed E-state index contributed by atoms with van der Waals surface area (Å²) in [6.07, 6.45) is 1.94. The lowest BCUT2D eigenvalue weighted by Gasteiger charge is -2.34. The van der Waals surface area contributed by atoms with Gasteiger partial charge in [-0.15, -0.1) is 0 Å². The smallest absolute Gasteiger partial charge is 0.244 e. The molecule has 3 rings (SSSR count). The minimum absolute atomic E-state index is 0.0436. The molecule has 0 aliphatic rings. The molecule has 1 N–H and O–H groups in total. The third-order valence-electron chi connectivity index (χ3n) is 6.30. The Labute approximate surface area is 251 Å². The number of nitrogens with zero attached hydrogens (tertiary/aromatic N) is 2. The van der Waals surface area contributed by atoms with Crippen LogP contribution in [0.3, 0.4) is 0 Å². The fraction of sp³-hybridized carbons (Fsp3) is 0.310. The summed E-state index contributed by atoms with van der Waals surface area (Å²) in [4.78, 5) is 29.0. The van der Waals surface area contributed by atoms with Gasteiger partial charge in [-0.2, -0.15) is 0 Å². The fourth-order valence-corrected chi connectivity index (χ4v) is 5.73. The first-order valence-corrected chi connectivity index (χ1v) is 15.7. The number of anilines is 1. The Kier molecular flexibility index (Phi) is 11.3. The van der Waals surface area contributed by atoms with Crippen LogP contribution in [-0.2, 0) is 32.6 Å². The lowest BCUT2D eigenvalue weighted by atomic mass is 10.0. The molecule has 0 saturated carbocycles. The molecule has 11 heteroatoms. The van der Waals surface area contributed by atoms with Gasteiger partial charge in [0.2, 0.25) is 21.8 Å². The van der Waals surface area contributed by atoms with Crippen molar-refractivity contribution >= 4 is 62.3 Å². The van der Waals surface area contributed by atoms with Crippen LogP contribution in [0.1, 0.15) is 30.0 Å². The normalized spacial score (nSPS) is 12.1. The molecule has 0 saturated heterocycles. The van der Waals surface area contributed by atoms with E-state index in [1.54, 1.807) is 37.3 Å². The van der Waals surface area contributed by atoms with Gasteiger partial charge in [0, 0.05) is 34.6 Å². The zero-order chi connectivity index (χ0) is 29.4. The molecule has 0 spiro atoms. The number of amides is 2. The van der Waals surface area contributed by atoms with E-state index >= 15 is 0 Å². The predicted molar refractivity (Wildman–Crippen MR) is 163 cm³/mol. The summed E-state index contributed by atoms with van der Waals surface area (Å²) in [5.41, 5.74) is 2.30. The van der Waals surface area contributed by atoms with Crippen molar-refractivity contribution in [2.75, 3.05) is 23.7 Å². The highest BCUT2D eigenvalue weighted by atomic mass is 35.5. The van der Waals surface area contributed by atoms with Crippen molar-refractivity contribution in [3.05, 3.63) is 98.5 Å². The third-order valence-corrected chi connectivity index (χ3v) is 8.24. The van der Waals surface area contributed by atoms with Crippen LogP contribution in [0.15, 0.2) is 66.7 Å². The van der Waals surface area contributed by atoms with Crippen molar-refractivity contribution in [3.63, 3.8) is 0 Å². The molecule has 0 heterocycles. The van der Waals surface area contributed by atoms with Gasteiger partial charge in [-0.25, -0.2) is 8.42 Å². The number of carbonyl (C=O) groups excluding carboxylic acids is 2. The van der Waals surface area contributed by atoms with Gasteiger partial charge in [0.05, 0.1) is 11.9 Å². The maximum atomic E-state index is 14.1. The highest BCUT2D eigenvalue weighted by Crippen LogP contribution is 2.28. The maximum Gasteiger partial charge on any atom is 0.244 e. The Morgan fingerprint density at radius 1 is 0.950 bits per heavy atom. The quantitative estimate of drug-likeness (QED) is 0.272. The summed E-state index contributed by atoms with van der Waals surface area (Å²) in [6.45, 7) is 3.50. The van der Waals surface area contributed by atoms with Crippen LogP contribution in [0.25, 0.3) is 0 Å². The number of benzene rings is 3. The highest BCUT2D eigenvalue weighted by molar-refractivity contribution is 7.92. The average Bonchev–Trinajstić information content (AvgIpc) is 2.90. The summed E-state index contributed by atoms with van der Waals surface area (Å²) in [7, 11) is -3.91. The molecular formula is C29H32Cl3N3O4S. The molecular weight excluding hydrogens is 593 g/mol. The molecule has 0 aliphatic carbocycles. The first-order chi connectivity index (χ1) is 18.9. The second kappa shape index (κ2) is 14.2. The molecule has 1 atom stereocenters. The van der Waals surface area contributed by atoms with E-state index in [-0.39, 0.29) is 24.6 Å². The maximum absolute atomic E-state index is 14.1. The summed E-state index contributed by atoms with van der Waals surface area (Å²) in [6, 6.07) is 18.1. The van der Waals surface area contributed by atoms with Gasteiger partial charge >= 0.3 is 0 Å². The van der Waals surface area contributed by atoms with Crippen LogP contribution in [0, 0.1) is 6.92 Å². The van der Waals surface area contributed by atoms with Crippen molar-refractivity contribution < 1.29 is 18.0 Å². The molecule has 0 aromatic heterocycles. The summed E-state index contributed by atoms with van der Waals surface area (Å²) < 4.78 is 26.9. The van der Waals surface area contributed by atoms with Crippen molar-refractivity contribution in [2.45, 2.75) is 39.3 Å². The number of hydrogen-bond acceptors (Lipinski definition) is 4. The molecule has 1 unspecified atom stereocenters. The van der Waals surface area contributed by atoms with E-state index in [1.807, 2.05) is 37.3 Å². The number of hydrogen-bond donors (Lipinski definition) is 1. The molecule has 3 aromatic carbocycles. The Morgan fingerprint density at radius 3 is 2.23 bits per heavy atom. The minimum Gasteiger partial charge on any atom is -0.354 e. The molecule has 3 aromatic rings. The average molecular weight is 625 g/mol. The molecule has 0 bridgehead atoms. The van der Waals surface area contributed by atoms with Gasteiger partial charge in [-0.3, -0.25) is 13.9 Å². The van der Waals surface area contributed by atoms with E-state index in [0.717, 1.165) is 16.1 Å². The van der Waals surface area contributed by atoms with Crippen LogP contribution in [0.4, 0.5) is 5.69 Å². The van der Waals surface area contributed by atoms with Crippen LogP contribution < -0.4 is 9.62 Å². The van der Waals surface area contributed by atoms with Gasteiger partial charge in [0.1, 0.15) is 12.6 Å². The SMILES string of the molecule is CCCNC(=O)C(Cc1ccccc1)N(Cc1ccc(Cl)cc1Cl)C(=O)CN(c1cc(Cl)ccc1C)S(C)(=O)=O. The molecule has 7 nitrogen and oxygen atoms in total. The largest absolute Gasteiger partial charge is 0.354 e. The summed E-state index contributed by atoms with van der Waals surface area (Å²) in [5, 5.41) is 3.97. The number of rotatable bonds is 12. The van der Waals surface area contributed by atoms with Gasteiger partial charge in [0.15, 0.2) is 0 Å². The number of aryl methyl sites for hydroxylation is 1. The molecule has 214 valence electrons. The number of sulfonamides is 1. The minimum atomic E-state index is -3.91.